The second kappa shape index (κ2) is 10.1. The third-order valence-corrected chi connectivity index (χ3v) is 6.62. The summed E-state index contributed by atoms with van der Waals surface area (Å²) in [7, 11) is 1.43. The van der Waals surface area contributed by atoms with Gasteiger partial charge in [-0.15, -0.1) is 11.8 Å². The van der Waals surface area contributed by atoms with E-state index < -0.39 is 48.1 Å². The third-order valence-electron chi connectivity index (χ3n) is 5.89. The molecule has 0 radical (unpaired) electrons. The van der Waals surface area contributed by atoms with Crippen LogP contribution in [0.4, 0.5) is 0 Å². The van der Waals surface area contributed by atoms with Crippen molar-refractivity contribution in [1.29, 1.82) is 0 Å². The van der Waals surface area contributed by atoms with E-state index in [2.05, 4.69) is 16.0 Å². The molecule has 1 aromatic rings. The van der Waals surface area contributed by atoms with Gasteiger partial charge in [-0.3, -0.25) is 14.4 Å². The minimum atomic E-state index is -2.07. The number of hydrogen-bond acceptors (Lipinski definition) is 8. The molecule has 1 saturated heterocycles. The Hall–Kier alpha value is -2.34. The highest BCUT2D eigenvalue weighted by Gasteiger charge is 2.50. The number of amides is 3. The van der Waals surface area contributed by atoms with Crippen LogP contribution in [0, 0.1) is 0 Å². The van der Waals surface area contributed by atoms with Crippen molar-refractivity contribution >= 4 is 29.5 Å². The van der Waals surface area contributed by atoms with Gasteiger partial charge in [0, 0.05) is 24.3 Å². The number of piperidine rings is 1. The van der Waals surface area contributed by atoms with Crippen LogP contribution in [-0.2, 0) is 9.59 Å². The van der Waals surface area contributed by atoms with Gasteiger partial charge in [-0.25, -0.2) is 0 Å². The van der Waals surface area contributed by atoms with Crippen molar-refractivity contribution in [3.8, 4) is 5.75 Å². The fraction of sp³-hybridized carbons (Fsp3) is 0.571. The van der Waals surface area contributed by atoms with Crippen molar-refractivity contribution in [3.63, 3.8) is 0 Å². The van der Waals surface area contributed by atoms with Gasteiger partial charge in [0.25, 0.3) is 11.8 Å². The summed E-state index contributed by atoms with van der Waals surface area (Å²) in [5.74, 6) is -1.42. The molecule has 2 fully saturated rings. The lowest BCUT2D eigenvalue weighted by Gasteiger charge is -2.42. The van der Waals surface area contributed by atoms with E-state index in [0.717, 1.165) is 4.90 Å². The van der Waals surface area contributed by atoms with E-state index in [4.69, 9.17) is 4.74 Å². The number of hydrogen-bond donors (Lipinski definition) is 6. The maximum absolute atomic E-state index is 12.9. The molecule has 1 aliphatic heterocycles. The zero-order valence-corrected chi connectivity index (χ0v) is 18.8. The molecule has 11 heteroatoms. The molecule has 5 atom stereocenters. The van der Waals surface area contributed by atoms with Crippen LogP contribution in [0.3, 0.4) is 0 Å². The van der Waals surface area contributed by atoms with Crippen LogP contribution in [0.1, 0.15) is 36.0 Å². The lowest BCUT2D eigenvalue weighted by molar-refractivity contribution is -0.159. The Bertz CT molecular complexity index is 883. The molecule has 2 aliphatic rings. The number of ether oxygens (including phenoxy) is 1. The van der Waals surface area contributed by atoms with Crippen molar-refractivity contribution in [2.75, 3.05) is 19.9 Å². The Morgan fingerprint density at radius 2 is 2.00 bits per heavy atom. The smallest absolute Gasteiger partial charge is 0.255 e. The number of nitrogens with one attached hydrogen (secondary N) is 3. The lowest BCUT2D eigenvalue weighted by Crippen LogP contribution is -2.64. The summed E-state index contributed by atoms with van der Waals surface area (Å²) in [6, 6.07) is 3.13. The van der Waals surface area contributed by atoms with Crippen LogP contribution in [0.2, 0.25) is 0 Å². The number of benzene rings is 1. The first-order chi connectivity index (χ1) is 15.2. The summed E-state index contributed by atoms with van der Waals surface area (Å²) < 4.78 is 5.28. The quantitative estimate of drug-likeness (QED) is 0.296. The Labute approximate surface area is 190 Å². The molecule has 5 unspecified atom stereocenters. The van der Waals surface area contributed by atoms with E-state index in [-0.39, 0.29) is 17.9 Å². The first-order valence-electron chi connectivity index (χ1n) is 10.4. The van der Waals surface area contributed by atoms with E-state index in [1.54, 1.807) is 18.2 Å². The average molecular weight is 468 g/mol. The van der Waals surface area contributed by atoms with Gasteiger partial charge in [-0.05, 0) is 37.3 Å². The molecule has 6 N–H and O–H groups in total. The number of carbonyl (C=O) groups excluding carboxylic acids is 3. The minimum absolute atomic E-state index is 0.212. The van der Waals surface area contributed by atoms with E-state index in [9.17, 15) is 29.7 Å². The number of aliphatic hydroxyl groups excluding tert-OH is 2. The first-order valence-corrected chi connectivity index (χ1v) is 11.6. The van der Waals surface area contributed by atoms with Gasteiger partial charge < -0.3 is 36.0 Å². The maximum Gasteiger partial charge on any atom is 0.255 e. The summed E-state index contributed by atoms with van der Waals surface area (Å²) in [6.07, 6.45) is -0.588. The number of aliphatic hydroxyl groups is 3. The van der Waals surface area contributed by atoms with Crippen molar-refractivity contribution in [2.24, 2.45) is 0 Å². The zero-order chi connectivity index (χ0) is 23.5. The van der Waals surface area contributed by atoms with Crippen LogP contribution in [0.15, 0.2) is 23.1 Å². The molecule has 1 saturated carbocycles. The van der Waals surface area contributed by atoms with Crippen LogP contribution >= 0.6 is 11.8 Å². The second-order valence-electron chi connectivity index (χ2n) is 8.10. The third kappa shape index (κ3) is 5.17. The number of thioether (sulfide) groups is 1. The SMILES string of the molecule is COc1cc(SC)ccc1C(=O)NC1CC(O)(C(=O)NC2CCCNC2=O)CC(O)C1O. The Balaban J connectivity index is 1.74. The van der Waals surface area contributed by atoms with Crippen molar-refractivity contribution in [1.82, 2.24) is 16.0 Å². The Kier molecular flexibility index (Phi) is 7.65. The monoisotopic (exact) mass is 467 g/mol. The van der Waals surface area contributed by atoms with Crippen molar-refractivity contribution < 1.29 is 34.4 Å². The Morgan fingerprint density at radius 1 is 1.25 bits per heavy atom. The molecule has 3 rings (SSSR count). The highest BCUT2D eigenvalue weighted by atomic mass is 32.2. The average Bonchev–Trinajstić information content (AvgIpc) is 2.78. The summed E-state index contributed by atoms with van der Waals surface area (Å²) in [6.45, 7) is 0.524. The van der Waals surface area contributed by atoms with E-state index in [0.29, 0.717) is 25.1 Å². The fourth-order valence-corrected chi connectivity index (χ4v) is 4.49. The topological polar surface area (TPSA) is 157 Å². The van der Waals surface area contributed by atoms with Crippen LogP contribution in [0.25, 0.3) is 0 Å². The van der Waals surface area contributed by atoms with E-state index >= 15 is 0 Å². The van der Waals surface area contributed by atoms with Gasteiger partial charge in [0.05, 0.1) is 24.8 Å². The Morgan fingerprint density at radius 3 is 2.66 bits per heavy atom. The molecule has 1 aliphatic carbocycles. The molecule has 10 nitrogen and oxygen atoms in total. The highest BCUT2D eigenvalue weighted by Crippen LogP contribution is 2.31. The molecule has 1 aromatic carbocycles. The highest BCUT2D eigenvalue weighted by molar-refractivity contribution is 7.98. The minimum Gasteiger partial charge on any atom is -0.496 e. The normalized spacial score (nSPS) is 30.2. The van der Waals surface area contributed by atoms with Gasteiger partial charge in [0.1, 0.15) is 23.5 Å². The molecule has 32 heavy (non-hydrogen) atoms. The summed E-state index contributed by atoms with van der Waals surface area (Å²) in [5.41, 5.74) is -1.86. The molecular formula is C21H29N3O7S. The molecule has 0 spiro atoms. The van der Waals surface area contributed by atoms with Gasteiger partial charge >= 0.3 is 0 Å². The van der Waals surface area contributed by atoms with Crippen molar-refractivity contribution in [2.45, 2.75) is 60.5 Å². The fourth-order valence-electron chi connectivity index (χ4n) is 4.06. The van der Waals surface area contributed by atoms with E-state index in [1.165, 1.54) is 18.9 Å². The van der Waals surface area contributed by atoms with E-state index in [1.807, 2.05) is 6.26 Å². The predicted octanol–water partition coefficient (Wildman–Crippen LogP) is -0.843. The van der Waals surface area contributed by atoms with Crippen molar-refractivity contribution in [3.05, 3.63) is 23.8 Å². The molecule has 1 heterocycles. The molecule has 3 amide bonds. The number of rotatable bonds is 6. The van der Waals surface area contributed by atoms with Crippen LogP contribution in [-0.4, -0.2) is 82.8 Å². The summed E-state index contributed by atoms with van der Waals surface area (Å²) in [5, 5.41) is 39.4. The largest absolute Gasteiger partial charge is 0.496 e. The standard InChI is InChI=1S/C21H29N3O7S/c1-31-16-8-11(32-2)5-6-12(16)18(27)23-14-9-21(30,10-15(25)17(14)26)20(29)24-13-4-3-7-22-19(13)28/h5-6,8,13-15,17,25-26,30H,3-4,7,9-10H2,1-2H3,(H,22,28)(H,23,27)(H,24,29). The zero-order valence-electron chi connectivity index (χ0n) is 18.0. The van der Waals surface area contributed by atoms with Crippen LogP contribution in [0.5, 0.6) is 5.75 Å². The number of methoxy groups -OCH3 is 1. The summed E-state index contributed by atoms with van der Waals surface area (Å²) in [4.78, 5) is 38.5. The van der Waals surface area contributed by atoms with Gasteiger partial charge in [-0.2, -0.15) is 0 Å². The predicted molar refractivity (Wildman–Crippen MR) is 116 cm³/mol. The summed E-state index contributed by atoms with van der Waals surface area (Å²) >= 11 is 1.48. The van der Waals surface area contributed by atoms with Crippen LogP contribution < -0.4 is 20.7 Å². The van der Waals surface area contributed by atoms with Gasteiger partial charge in [-0.1, -0.05) is 0 Å². The second-order valence-corrected chi connectivity index (χ2v) is 8.98. The lowest BCUT2D eigenvalue weighted by atomic mass is 9.77. The maximum atomic E-state index is 12.9. The first kappa shape index (κ1) is 24.3. The van der Waals surface area contributed by atoms with Gasteiger partial charge in [0.2, 0.25) is 5.91 Å². The molecule has 0 bridgehead atoms. The van der Waals surface area contributed by atoms with Gasteiger partial charge in [0.15, 0.2) is 0 Å². The number of carbonyl (C=O) groups is 3. The molecule has 176 valence electrons. The molecular weight excluding hydrogens is 438 g/mol. The molecule has 0 aromatic heterocycles.